The van der Waals surface area contributed by atoms with Gasteiger partial charge in [-0.25, -0.2) is 17.9 Å². The van der Waals surface area contributed by atoms with E-state index in [9.17, 15) is 18.4 Å². The third kappa shape index (κ3) is 4.70. The average molecular weight is 493 g/mol. The predicted octanol–water partition coefficient (Wildman–Crippen LogP) is 3.79. The van der Waals surface area contributed by atoms with E-state index in [0.717, 1.165) is 0 Å². The maximum Gasteiger partial charge on any atom is 0.146 e. The monoisotopic (exact) mass is 492 g/mol. The van der Waals surface area contributed by atoms with Gasteiger partial charge in [0, 0.05) is 17.9 Å². The number of hydrogen-bond donors (Lipinski definition) is 1. The summed E-state index contributed by atoms with van der Waals surface area (Å²) in [5, 5.41) is 9.70. The second-order valence-corrected chi connectivity index (χ2v) is 13.9. The molecule has 0 saturated heterocycles. The lowest BCUT2D eigenvalue weighted by atomic mass is 10.0. The summed E-state index contributed by atoms with van der Waals surface area (Å²) in [6.07, 6.45) is 1.11. The first-order valence-electron chi connectivity index (χ1n) is 8.90. The van der Waals surface area contributed by atoms with Crippen LogP contribution in [-0.4, -0.2) is 35.5 Å². The fourth-order valence-corrected chi connectivity index (χ4v) is 6.96. The molecule has 4 atom stereocenters. The standard InChI is InChI=1S/C18H26BrFN4O2S2/c1-16(2,3)27(25)24-18(5,15-13(20)7-8-14(19)23-15)12-28(26)17(4,11-21)9-6-10-22-28/h7-8,24H,6,9-10,12H2,1-5H3/t17-,18-,27+,28+/m0/s1. The maximum absolute atomic E-state index is 14.8. The molecule has 0 aliphatic carbocycles. The van der Waals surface area contributed by atoms with Gasteiger partial charge in [0.2, 0.25) is 0 Å². The Balaban J connectivity index is 2.62. The molecule has 0 bridgehead atoms. The van der Waals surface area contributed by atoms with Gasteiger partial charge in [-0.05, 0) is 75.5 Å². The Bertz CT molecular complexity index is 908. The number of nitrogens with zero attached hydrogens (tertiary/aromatic N) is 3. The first-order valence-corrected chi connectivity index (χ1v) is 12.5. The highest BCUT2D eigenvalue weighted by Gasteiger charge is 2.48. The molecule has 10 heteroatoms. The topological polar surface area (TPSA) is 101 Å². The molecule has 1 aromatic rings. The third-order valence-electron chi connectivity index (χ3n) is 4.75. The predicted molar refractivity (Wildman–Crippen MR) is 114 cm³/mol. The van der Waals surface area contributed by atoms with Crippen molar-refractivity contribution in [3.63, 3.8) is 0 Å². The Morgan fingerprint density at radius 2 is 2.11 bits per heavy atom. The first-order chi connectivity index (χ1) is 12.8. The van der Waals surface area contributed by atoms with Gasteiger partial charge in [-0.2, -0.15) is 5.26 Å². The fourth-order valence-electron chi connectivity index (χ4n) is 2.96. The van der Waals surface area contributed by atoms with Gasteiger partial charge in [-0.3, -0.25) is 0 Å². The summed E-state index contributed by atoms with van der Waals surface area (Å²) in [7, 11) is -3.06. The van der Waals surface area contributed by atoms with Gasteiger partial charge in [0.25, 0.3) is 0 Å². The summed E-state index contributed by atoms with van der Waals surface area (Å²) in [5.74, 6) is -0.784. The van der Waals surface area contributed by atoms with Gasteiger partial charge in [0.05, 0.1) is 21.6 Å². The molecule has 156 valence electrons. The minimum Gasteiger partial charge on any atom is -0.598 e. The lowest BCUT2D eigenvalue weighted by Crippen LogP contribution is -2.56. The number of hydrogen-bond acceptors (Lipinski definition) is 6. The van der Waals surface area contributed by atoms with Crippen LogP contribution in [0.2, 0.25) is 0 Å². The van der Waals surface area contributed by atoms with E-state index in [-0.39, 0.29) is 11.4 Å². The number of halogens is 2. The number of nitriles is 1. The molecule has 0 amide bonds. The van der Waals surface area contributed by atoms with Crippen LogP contribution in [0.25, 0.3) is 0 Å². The summed E-state index contributed by atoms with van der Waals surface area (Å²) >= 11 is 1.65. The zero-order chi connectivity index (χ0) is 21.4. The van der Waals surface area contributed by atoms with Gasteiger partial charge in [-0.1, -0.05) is 0 Å². The summed E-state index contributed by atoms with van der Waals surface area (Å²) in [6, 6.07) is 4.87. The van der Waals surface area contributed by atoms with E-state index in [0.29, 0.717) is 24.0 Å². The fraction of sp³-hybridized carbons (Fsp3) is 0.667. The number of aromatic nitrogens is 1. The Morgan fingerprint density at radius 3 is 2.68 bits per heavy atom. The molecule has 0 aromatic carbocycles. The summed E-state index contributed by atoms with van der Waals surface area (Å²) in [5.41, 5.74) is -1.37. The minimum absolute atomic E-state index is 0.0109. The van der Waals surface area contributed by atoms with Gasteiger partial charge < -0.3 is 4.55 Å². The van der Waals surface area contributed by atoms with Crippen molar-refractivity contribution in [3.05, 3.63) is 28.2 Å². The molecule has 1 aromatic heterocycles. The molecule has 2 rings (SSSR count). The Morgan fingerprint density at radius 1 is 1.46 bits per heavy atom. The van der Waals surface area contributed by atoms with Crippen LogP contribution in [0.3, 0.4) is 0 Å². The molecule has 2 heterocycles. The molecule has 0 unspecified atom stereocenters. The zero-order valence-corrected chi connectivity index (χ0v) is 19.9. The summed E-state index contributed by atoms with van der Waals surface area (Å²) in [6.45, 7) is 8.97. The van der Waals surface area contributed by atoms with Crippen LogP contribution >= 0.6 is 15.9 Å². The van der Waals surface area contributed by atoms with Crippen LogP contribution in [-0.2, 0) is 26.6 Å². The number of nitrogens with one attached hydrogen (secondary N) is 1. The Kier molecular flexibility index (Phi) is 6.88. The van der Waals surface area contributed by atoms with Crippen LogP contribution < -0.4 is 4.72 Å². The van der Waals surface area contributed by atoms with E-state index in [2.05, 4.69) is 36.1 Å². The van der Waals surface area contributed by atoms with Crippen molar-refractivity contribution < 1.29 is 13.2 Å². The highest BCUT2D eigenvalue weighted by Crippen LogP contribution is 2.36. The first kappa shape index (κ1) is 23.5. The molecular weight excluding hydrogens is 467 g/mol. The third-order valence-corrected chi connectivity index (χ3v) is 10.2. The second kappa shape index (κ2) is 8.19. The van der Waals surface area contributed by atoms with Crippen LogP contribution in [0.5, 0.6) is 0 Å². The normalized spacial score (nSPS) is 28.7. The molecular formula is C18H26BrFN4O2S2. The van der Waals surface area contributed by atoms with Crippen LogP contribution in [0, 0.1) is 17.1 Å². The van der Waals surface area contributed by atoms with Gasteiger partial charge in [0.15, 0.2) is 0 Å². The van der Waals surface area contributed by atoms with Crippen molar-refractivity contribution in [1.82, 2.24) is 9.71 Å². The molecule has 0 fully saturated rings. The molecule has 0 spiro atoms. The minimum atomic E-state index is -3.06. The Labute approximate surface area is 178 Å². The average Bonchev–Trinajstić information content (AvgIpc) is 2.58. The molecule has 0 saturated carbocycles. The van der Waals surface area contributed by atoms with Crippen molar-refractivity contribution in [2.24, 2.45) is 4.36 Å². The van der Waals surface area contributed by atoms with Crippen molar-refractivity contribution in [2.75, 3.05) is 12.3 Å². The summed E-state index contributed by atoms with van der Waals surface area (Å²) < 4.78 is 47.3. The largest absolute Gasteiger partial charge is 0.598 e. The van der Waals surface area contributed by atoms with E-state index in [1.165, 1.54) is 12.1 Å². The molecule has 1 aliphatic rings. The van der Waals surface area contributed by atoms with Crippen LogP contribution in [0.1, 0.15) is 53.2 Å². The summed E-state index contributed by atoms with van der Waals surface area (Å²) in [4.78, 5) is 4.24. The van der Waals surface area contributed by atoms with Crippen LogP contribution in [0.15, 0.2) is 21.1 Å². The van der Waals surface area contributed by atoms with Gasteiger partial charge >= 0.3 is 0 Å². The van der Waals surface area contributed by atoms with Crippen molar-refractivity contribution >= 4 is 37.0 Å². The maximum atomic E-state index is 14.8. The number of rotatable bonds is 5. The molecule has 0 radical (unpaired) electrons. The highest BCUT2D eigenvalue weighted by atomic mass is 79.9. The second-order valence-electron chi connectivity index (χ2n) is 8.36. The van der Waals surface area contributed by atoms with Crippen molar-refractivity contribution in [3.8, 4) is 6.07 Å². The van der Waals surface area contributed by atoms with Gasteiger partial charge in [0.1, 0.15) is 31.1 Å². The molecule has 28 heavy (non-hydrogen) atoms. The van der Waals surface area contributed by atoms with Crippen LogP contribution in [0.4, 0.5) is 4.39 Å². The zero-order valence-electron chi connectivity index (χ0n) is 16.7. The Hall–Kier alpha value is -0.730. The van der Waals surface area contributed by atoms with E-state index >= 15 is 0 Å². The van der Waals surface area contributed by atoms with E-state index in [1.807, 2.05) is 0 Å². The van der Waals surface area contributed by atoms with E-state index in [1.54, 1.807) is 34.6 Å². The van der Waals surface area contributed by atoms with E-state index in [4.69, 9.17) is 0 Å². The SMILES string of the molecule is CC(C)(C)[S@@+]([O-])N[C@@](C)(C[S@]1(=O)=NCCC[C@@]1(C)C#N)c1nc(Br)ccc1F. The smallest absolute Gasteiger partial charge is 0.146 e. The molecule has 6 nitrogen and oxygen atoms in total. The highest BCUT2D eigenvalue weighted by molar-refractivity contribution is 9.10. The quantitative estimate of drug-likeness (QED) is 0.497. The van der Waals surface area contributed by atoms with Crippen molar-refractivity contribution in [1.29, 1.82) is 5.26 Å². The van der Waals surface area contributed by atoms with Gasteiger partial charge in [-0.15, -0.1) is 4.72 Å². The van der Waals surface area contributed by atoms with Crippen molar-refractivity contribution in [2.45, 2.75) is 62.5 Å². The van der Waals surface area contributed by atoms with E-state index < -0.39 is 41.9 Å². The molecule has 1 aliphatic heterocycles. The molecule has 1 N–H and O–H groups in total. The lowest BCUT2D eigenvalue weighted by Gasteiger charge is -2.38. The number of pyridine rings is 1. The lowest BCUT2D eigenvalue weighted by molar-refractivity contribution is 0.421.